The Morgan fingerprint density at radius 1 is 0.962 bits per heavy atom. The van der Waals surface area contributed by atoms with E-state index >= 15 is 0 Å². The minimum absolute atomic E-state index is 0. The zero-order chi connectivity index (χ0) is 18.7. The molecule has 0 amide bonds. The third-order valence-corrected chi connectivity index (χ3v) is 3.18. The third-order valence-electron chi connectivity index (χ3n) is 2.72. The minimum atomic E-state index is -0.249. The first kappa shape index (κ1) is 23.9. The Kier molecular flexibility index (Phi) is 12.1. The number of hydrogen-bond donors (Lipinski definition) is 2. The quantitative estimate of drug-likeness (QED) is 0.173. The molecule has 0 aromatic heterocycles. The number of Topliss-reactive ketones (excluding diaryl/α,β-unsaturated/α-hetero) is 1. The predicted molar refractivity (Wildman–Crippen MR) is 107 cm³/mol. The van der Waals surface area contributed by atoms with Gasteiger partial charge < -0.3 is 30.6 Å². The Morgan fingerprint density at radius 2 is 1.50 bits per heavy atom. The average Bonchev–Trinajstić information content (AvgIpc) is 2.64. The summed E-state index contributed by atoms with van der Waals surface area (Å²) in [5.74, 6) is -0.249. The van der Waals surface area contributed by atoms with Gasteiger partial charge in [-0.05, 0) is 19.0 Å². The van der Waals surface area contributed by atoms with E-state index in [0.29, 0.717) is 17.0 Å². The molecule has 0 atom stereocenters. The largest absolute Gasteiger partial charge is 2.00 e. The van der Waals surface area contributed by atoms with Crippen molar-refractivity contribution in [2.75, 3.05) is 7.05 Å². The number of rotatable bonds is 6. The number of carbonyl (C=O) groups is 1. The molecule has 8 nitrogen and oxygen atoms in total. The molecule has 0 saturated carbocycles. The molecule has 0 aliphatic heterocycles. The van der Waals surface area contributed by atoms with Crippen molar-refractivity contribution in [2.24, 2.45) is 25.5 Å². The fraction of sp³-hybridized carbons (Fsp3) is 0.200. The molecule has 0 radical (unpaired) electrons. The summed E-state index contributed by atoms with van der Waals surface area (Å²) in [6.45, 7) is 3.41. The fourth-order valence-corrected chi connectivity index (χ4v) is 1.42. The summed E-state index contributed by atoms with van der Waals surface area (Å²) in [7, 11) is 1.65. The third kappa shape index (κ3) is 9.40. The van der Waals surface area contributed by atoms with Crippen LogP contribution in [0.3, 0.4) is 0 Å². The van der Waals surface area contributed by atoms with Crippen LogP contribution in [-0.2, 0) is 44.7 Å². The normalized spacial score (nSPS) is 13.3. The summed E-state index contributed by atoms with van der Waals surface area (Å²) < 4.78 is 0. The van der Waals surface area contributed by atoms with Gasteiger partial charge in [-0.25, -0.2) is 0 Å². The van der Waals surface area contributed by atoms with Crippen LogP contribution in [0.4, 0.5) is 0 Å². The van der Waals surface area contributed by atoms with Crippen molar-refractivity contribution in [1.29, 1.82) is 0 Å². The molecule has 1 aromatic carbocycles. The van der Waals surface area contributed by atoms with Crippen molar-refractivity contribution in [3.63, 3.8) is 0 Å². The van der Waals surface area contributed by atoms with Gasteiger partial charge in [0, 0.05) is 17.8 Å². The van der Waals surface area contributed by atoms with Crippen LogP contribution in [0.25, 0.3) is 0 Å². The number of nitrogens with one attached hydrogen (secondary N) is 2. The summed E-state index contributed by atoms with van der Waals surface area (Å²) in [4.78, 5) is 11.8. The number of benzene rings is 1. The maximum absolute atomic E-state index is 11.8. The number of hydrazone groups is 1. The number of nitrogens with zero attached hydrogens (tertiary/aromatic N) is 5. The summed E-state index contributed by atoms with van der Waals surface area (Å²) in [6.07, 6.45) is 1.12. The minimum Gasteiger partial charge on any atom is -0.741 e. The number of hydrogen-bond acceptors (Lipinski definition) is 8. The average molecular weight is 441 g/mol. The molecule has 1 rings (SSSR count). The van der Waals surface area contributed by atoms with Crippen LogP contribution in [0.15, 0.2) is 55.8 Å². The van der Waals surface area contributed by atoms with Crippen molar-refractivity contribution in [3.8, 4) is 0 Å². The van der Waals surface area contributed by atoms with E-state index in [1.165, 1.54) is 0 Å². The molecule has 26 heavy (non-hydrogen) atoms. The zero-order valence-electron chi connectivity index (χ0n) is 14.6. The molecule has 2 N–H and O–H groups in total. The molecule has 0 saturated heterocycles. The Hall–Kier alpha value is -2.10. The SMILES string of the molecule is CN/C([S-])=N/N=C(C)/C(C)=N/N=C(\[S-])N/N=C/C(=O)c1ccccc1.[Zn+2]. The monoisotopic (exact) mass is 439 g/mol. The fourth-order valence-electron chi connectivity index (χ4n) is 1.28. The maximum atomic E-state index is 11.8. The molecule has 1 aromatic rings. The van der Waals surface area contributed by atoms with E-state index in [-0.39, 0.29) is 35.6 Å². The number of ketones is 1. The number of amidine groups is 2. The Bertz CT molecular complexity index is 746. The van der Waals surface area contributed by atoms with Gasteiger partial charge in [-0.15, -0.1) is 0 Å². The summed E-state index contributed by atoms with van der Waals surface area (Å²) >= 11 is 9.80. The van der Waals surface area contributed by atoms with E-state index in [1.54, 1.807) is 45.2 Å². The second-order valence-electron chi connectivity index (χ2n) is 4.53. The summed E-state index contributed by atoms with van der Waals surface area (Å²) in [5, 5.41) is 22.0. The molecule has 0 unspecified atom stereocenters. The predicted octanol–water partition coefficient (Wildman–Crippen LogP) is 1.22. The van der Waals surface area contributed by atoms with Gasteiger partial charge in [-0.3, -0.25) is 10.2 Å². The van der Waals surface area contributed by atoms with E-state index in [9.17, 15) is 4.79 Å². The molecule has 0 aliphatic carbocycles. The number of carbonyl (C=O) groups excluding carboxylic acids is 1. The van der Waals surface area contributed by atoms with E-state index in [0.717, 1.165) is 6.21 Å². The Balaban J connectivity index is 0.00000625. The topological polar surface area (TPSA) is 103 Å². The standard InChI is InChI=1S/C15H19N7OS2.Zn/c1-10(18-21-14(24)16-3)11(2)19-22-15(25)20-17-9-13(23)12-7-5-4-6-8-12;/h4-9H,1-3H3,(H2,16,21,24)(H2,20,22,25);/q;+2/p-2/b17-9+,18-10+,19-11+;. The van der Waals surface area contributed by atoms with Crippen molar-refractivity contribution < 1.29 is 24.3 Å². The van der Waals surface area contributed by atoms with E-state index in [1.807, 2.05) is 6.07 Å². The summed E-state index contributed by atoms with van der Waals surface area (Å²) in [6, 6.07) is 8.75. The van der Waals surface area contributed by atoms with Gasteiger partial charge in [0.2, 0.25) is 5.78 Å². The van der Waals surface area contributed by atoms with Gasteiger partial charge in [0.25, 0.3) is 0 Å². The first-order valence-electron chi connectivity index (χ1n) is 7.09. The van der Waals surface area contributed by atoms with Gasteiger partial charge in [-0.2, -0.15) is 25.5 Å². The van der Waals surface area contributed by atoms with E-state index < -0.39 is 0 Å². The summed E-state index contributed by atoms with van der Waals surface area (Å²) in [5.41, 5.74) is 4.02. The van der Waals surface area contributed by atoms with Gasteiger partial charge in [-0.1, -0.05) is 30.3 Å². The maximum Gasteiger partial charge on any atom is 2.00 e. The molecule has 0 heterocycles. The van der Waals surface area contributed by atoms with Crippen LogP contribution in [0, 0.1) is 0 Å². The smallest absolute Gasteiger partial charge is 0.741 e. The zero-order valence-corrected chi connectivity index (χ0v) is 19.2. The molecule has 0 bridgehead atoms. The van der Waals surface area contributed by atoms with E-state index in [4.69, 9.17) is 25.3 Å². The molecular weight excluding hydrogens is 424 g/mol. The molecule has 0 spiro atoms. The second-order valence-corrected chi connectivity index (χ2v) is 5.30. The van der Waals surface area contributed by atoms with Crippen molar-refractivity contribution >= 4 is 59.0 Å². The van der Waals surface area contributed by atoms with Crippen LogP contribution >= 0.6 is 0 Å². The van der Waals surface area contributed by atoms with Crippen LogP contribution in [0.2, 0.25) is 0 Å². The van der Waals surface area contributed by atoms with Crippen molar-refractivity contribution in [3.05, 3.63) is 35.9 Å². The first-order chi connectivity index (χ1) is 11.9. The van der Waals surface area contributed by atoms with Gasteiger partial charge in [0.1, 0.15) is 0 Å². The molecule has 0 aliphatic rings. The van der Waals surface area contributed by atoms with Crippen molar-refractivity contribution in [2.45, 2.75) is 13.8 Å². The van der Waals surface area contributed by atoms with Gasteiger partial charge >= 0.3 is 19.5 Å². The Labute approximate surface area is 176 Å². The van der Waals surface area contributed by atoms with Crippen LogP contribution in [-0.4, -0.2) is 40.8 Å². The van der Waals surface area contributed by atoms with Crippen molar-refractivity contribution in [1.82, 2.24) is 10.7 Å². The molecular formula is C15H17N7OS2Zn. The molecule has 11 heteroatoms. The first-order valence-corrected chi connectivity index (χ1v) is 7.90. The molecule has 132 valence electrons. The Morgan fingerprint density at radius 3 is 2.04 bits per heavy atom. The van der Waals surface area contributed by atoms with Crippen LogP contribution in [0.1, 0.15) is 24.2 Å². The van der Waals surface area contributed by atoms with Gasteiger partial charge in [0.15, 0.2) is 0 Å². The van der Waals surface area contributed by atoms with Gasteiger partial charge in [0.05, 0.1) is 17.6 Å². The van der Waals surface area contributed by atoms with Crippen LogP contribution < -0.4 is 10.7 Å². The van der Waals surface area contributed by atoms with E-state index in [2.05, 4.69) is 36.2 Å². The molecule has 0 fully saturated rings. The van der Waals surface area contributed by atoms with Crippen LogP contribution in [0.5, 0.6) is 0 Å². The second kappa shape index (κ2) is 13.2.